The van der Waals surface area contributed by atoms with E-state index in [4.69, 9.17) is 11.8 Å². The molecule has 0 amide bonds. The summed E-state index contributed by atoms with van der Waals surface area (Å²) >= 11 is 5.22. The van der Waals surface area contributed by atoms with Crippen LogP contribution in [0, 0.1) is 0 Å². The fraction of sp³-hybridized carbons (Fsp3) is 0.714. The fourth-order valence-electron chi connectivity index (χ4n) is 0.591. The van der Waals surface area contributed by atoms with Gasteiger partial charge < -0.3 is 5.32 Å². The molecule has 0 fully saturated rings. The molecule has 0 aliphatic rings. The highest BCUT2D eigenvalue weighted by Gasteiger charge is 2.36. The molecule has 0 bridgehead atoms. The summed E-state index contributed by atoms with van der Waals surface area (Å²) in [5, 5.41) is 2.53. The Morgan fingerprint density at radius 1 is 1.46 bits per heavy atom. The van der Waals surface area contributed by atoms with Crippen LogP contribution in [-0.4, -0.2) is 23.7 Å². The van der Waals surface area contributed by atoms with Gasteiger partial charge in [-0.05, 0) is 13.8 Å². The van der Waals surface area contributed by atoms with E-state index < -0.39 is 11.9 Å². The van der Waals surface area contributed by atoms with E-state index in [9.17, 15) is 13.2 Å². The number of allylic oxidation sites excluding steroid dienone is 1. The van der Waals surface area contributed by atoms with E-state index in [1.807, 2.05) is 0 Å². The first-order valence-electron chi connectivity index (χ1n) is 3.68. The van der Waals surface area contributed by atoms with Gasteiger partial charge in [-0.2, -0.15) is 13.2 Å². The van der Waals surface area contributed by atoms with E-state index >= 15 is 0 Å². The Labute approximate surface area is 80.5 Å². The monoisotopic (exact) mass is 216 g/mol. The van der Waals surface area contributed by atoms with E-state index in [1.165, 1.54) is 0 Å². The summed E-state index contributed by atoms with van der Waals surface area (Å²) in [5.74, 6) is 0. The quantitative estimate of drug-likeness (QED) is 0.730. The van der Waals surface area contributed by atoms with E-state index in [-0.39, 0.29) is 6.04 Å². The largest absolute Gasteiger partial charge is 0.433 e. The van der Waals surface area contributed by atoms with Crippen LogP contribution < -0.4 is 5.32 Å². The molecule has 1 N–H and O–H groups in total. The average Bonchev–Trinajstić information content (AvgIpc) is 1.81. The van der Waals surface area contributed by atoms with Gasteiger partial charge in [-0.25, -0.2) is 0 Å². The lowest BCUT2D eigenvalue weighted by Gasteiger charge is -2.18. The molecule has 0 unspecified atom stereocenters. The number of nitrogens with zero attached hydrogens (tertiary/aromatic N) is 1. The maximum absolute atomic E-state index is 12.2. The van der Waals surface area contributed by atoms with Crippen LogP contribution in [0.2, 0.25) is 0 Å². The van der Waals surface area contributed by atoms with Gasteiger partial charge in [0.25, 0.3) is 0 Å². The van der Waals surface area contributed by atoms with Crippen LogP contribution >= 0.6 is 11.8 Å². The normalized spacial score (nSPS) is 13.4. The second kappa shape index (κ2) is 4.60. The van der Waals surface area contributed by atoms with Crippen molar-refractivity contribution in [2.45, 2.75) is 26.1 Å². The smallest absolute Gasteiger partial charge is 0.387 e. The molecule has 0 saturated carbocycles. The molecule has 0 spiro atoms. The van der Waals surface area contributed by atoms with Gasteiger partial charge in [0.2, 0.25) is 0 Å². The molecule has 0 aliphatic heterocycles. The third-order valence-corrected chi connectivity index (χ3v) is 1.36. The zero-order valence-corrected chi connectivity index (χ0v) is 8.37. The minimum absolute atomic E-state index is 0.0611. The maximum atomic E-state index is 12.2. The predicted molar refractivity (Wildman–Crippen MR) is 46.0 cm³/mol. The van der Waals surface area contributed by atoms with Gasteiger partial charge >= 0.3 is 6.18 Å². The third kappa shape index (κ3) is 4.87. The summed E-state index contributed by atoms with van der Waals surface area (Å²) in [6.07, 6.45) is -3.57. The van der Waals surface area contributed by atoms with Crippen LogP contribution in [0.1, 0.15) is 13.8 Å². The topological polar surface area (TPSA) is 15.3 Å². The van der Waals surface area contributed by atoms with E-state index in [1.54, 1.807) is 13.8 Å². The first kappa shape index (κ1) is 12.4. The van der Waals surface area contributed by atoms with Crippen molar-refractivity contribution in [1.29, 1.82) is 0 Å². The van der Waals surface area contributed by atoms with E-state index in [2.05, 4.69) is 5.32 Å². The van der Waals surface area contributed by atoms with Gasteiger partial charge in [0.05, 0.1) is 0 Å². The average molecular weight is 217 g/mol. The molecule has 0 aromatic heterocycles. The van der Waals surface area contributed by atoms with Crippen molar-refractivity contribution in [3.05, 3.63) is 11.9 Å². The van der Waals surface area contributed by atoms with Gasteiger partial charge in [-0.3, -0.25) is 4.42 Å². The molecular formula is C7H12ClF3N2. The predicted octanol–water partition coefficient (Wildman–Crippen LogP) is 2.47. The Hall–Kier alpha value is -0.580. The lowest BCUT2D eigenvalue weighted by molar-refractivity contribution is -0.103. The zero-order valence-electron chi connectivity index (χ0n) is 7.61. The van der Waals surface area contributed by atoms with Crippen molar-refractivity contribution < 1.29 is 13.2 Å². The fourth-order valence-corrected chi connectivity index (χ4v) is 0.736. The Balaban J connectivity index is 4.52. The highest BCUT2D eigenvalue weighted by atomic mass is 35.5. The Kier molecular flexibility index (Phi) is 4.39. The number of hydrogen-bond acceptors (Lipinski definition) is 2. The number of hydrogen-bond donors (Lipinski definition) is 1. The van der Waals surface area contributed by atoms with Crippen molar-refractivity contribution in [2.24, 2.45) is 0 Å². The highest BCUT2D eigenvalue weighted by Crippen LogP contribution is 2.28. The first-order valence-corrected chi connectivity index (χ1v) is 4.02. The van der Waals surface area contributed by atoms with E-state index in [0.29, 0.717) is 4.42 Å². The zero-order chi connectivity index (χ0) is 10.6. The molecule has 13 heavy (non-hydrogen) atoms. The minimum Gasteiger partial charge on any atom is -0.387 e. The van der Waals surface area contributed by atoms with Crippen molar-refractivity contribution in [1.82, 2.24) is 9.74 Å². The molecule has 0 aliphatic carbocycles. The molecular weight excluding hydrogens is 205 g/mol. The molecule has 0 radical (unpaired) electrons. The lowest BCUT2D eigenvalue weighted by Crippen LogP contribution is -2.26. The molecule has 78 valence electrons. The molecule has 0 saturated heterocycles. The SMILES string of the molecule is CC(C)N/C=C(\N(C)Cl)C(F)(F)F. The third-order valence-electron chi connectivity index (χ3n) is 1.18. The number of nitrogens with one attached hydrogen (secondary N) is 1. The van der Waals surface area contributed by atoms with Crippen molar-refractivity contribution in [2.75, 3.05) is 7.05 Å². The van der Waals surface area contributed by atoms with Crippen LogP contribution in [0.4, 0.5) is 13.2 Å². The highest BCUT2D eigenvalue weighted by molar-refractivity contribution is 6.14. The summed E-state index contributed by atoms with van der Waals surface area (Å²) in [5.41, 5.74) is -0.914. The van der Waals surface area contributed by atoms with Crippen molar-refractivity contribution >= 4 is 11.8 Å². The molecule has 0 heterocycles. The lowest BCUT2D eigenvalue weighted by atomic mass is 10.4. The second-order valence-corrected chi connectivity index (χ2v) is 3.33. The molecule has 0 rings (SSSR count). The van der Waals surface area contributed by atoms with Crippen LogP contribution in [0.25, 0.3) is 0 Å². The Morgan fingerprint density at radius 3 is 2.15 bits per heavy atom. The Morgan fingerprint density at radius 2 is 1.92 bits per heavy atom. The van der Waals surface area contributed by atoms with Crippen LogP contribution in [-0.2, 0) is 0 Å². The molecule has 0 atom stereocenters. The molecule has 2 nitrogen and oxygen atoms in total. The van der Waals surface area contributed by atoms with Crippen LogP contribution in [0.3, 0.4) is 0 Å². The standard InChI is InChI=1S/C7H12ClF3N2/c1-5(2)12-4-6(13(3)8)7(9,10)11/h4-5,12H,1-3H3/b6-4-. The van der Waals surface area contributed by atoms with Crippen molar-refractivity contribution in [3.63, 3.8) is 0 Å². The second-order valence-electron chi connectivity index (χ2n) is 2.83. The van der Waals surface area contributed by atoms with Gasteiger partial charge in [-0.1, -0.05) is 0 Å². The summed E-state index contributed by atoms with van der Waals surface area (Å²) in [6, 6.07) is -0.0611. The van der Waals surface area contributed by atoms with Gasteiger partial charge in [0.1, 0.15) is 5.70 Å². The van der Waals surface area contributed by atoms with Crippen LogP contribution in [0.5, 0.6) is 0 Å². The van der Waals surface area contributed by atoms with Gasteiger partial charge in [0.15, 0.2) is 0 Å². The number of rotatable bonds is 3. The minimum atomic E-state index is -4.43. The van der Waals surface area contributed by atoms with Crippen LogP contribution in [0.15, 0.2) is 11.9 Å². The summed E-state index contributed by atoms with van der Waals surface area (Å²) in [4.78, 5) is 0. The molecule has 6 heteroatoms. The van der Waals surface area contributed by atoms with Gasteiger partial charge in [0, 0.05) is 31.1 Å². The number of alkyl halides is 3. The summed E-state index contributed by atoms with van der Waals surface area (Å²) in [6.45, 7) is 3.47. The van der Waals surface area contributed by atoms with Gasteiger partial charge in [-0.15, -0.1) is 0 Å². The molecule has 0 aromatic carbocycles. The Bertz CT molecular complexity index is 187. The maximum Gasteiger partial charge on any atom is 0.433 e. The number of halogens is 4. The van der Waals surface area contributed by atoms with E-state index in [0.717, 1.165) is 13.2 Å². The molecule has 0 aromatic rings. The first-order chi connectivity index (χ1) is 5.75. The summed E-state index contributed by atoms with van der Waals surface area (Å²) in [7, 11) is 1.13. The van der Waals surface area contributed by atoms with Crippen molar-refractivity contribution in [3.8, 4) is 0 Å². The summed E-state index contributed by atoms with van der Waals surface area (Å²) < 4.78 is 37.1.